The van der Waals surface area contributed by atoms with Crippen LogP contribution in [0.4, 0.5) is 5.69 Å². The van der Waals surface area contributed by atoms with E-state index in [0.717, 1.165) is 78.2 Å². The molecular weight excluding hydrogens is 1100 g/mol. The van der Waals surface area contributed by atoms with Gasteiger partial charge < -0.3 is 9.15 Å². The Hall–Kier alpha value is -10.0. The molecule has 0 unspecified atom stereocenters. The maximum absolute atomic E-state index is 8.11. The lowest BCUT2D eigenvalue weighted by Gasteiger charge is -2.25. The van der Waals surface area contributed by atoms with Crippen molar-refractivity contribution in [3.63, 3.8) is 0 Å². The van der Waals surface area contributed by atoms with Gasteiger partial charge in [-0.25, -0.2) is 14.8 Å². The Bertz CT molecular complexity index is 4780. The van der Waals surface area contributed by atoms with E-state index in [9.17, 15) is 0 Å². The Kier molecular flexibility index (Phi) is 15.8. The van der Waals surface area contributed by atoms with Crippen molar-refractivity contribution in [1.82, 2.24) is 19.1 Å². The summed E-state index contributed by atoms with van der Waals surface area (Å²) in [5, 5.41) is 0.849. The SMILES string of the molecule is [C-]#[N+]c1cc(C(C)C)c(-c2ccc3nc(-c4cc(Oc5cccc(-c6nc7ccccc7n6-c6c(C(C)C)cc(-c7ccccc7)cc6C(C)C)c5)c5ccoc5c4)n(-c4c(C(C)C)cc(-c5ccc(-c6ccccc6)cc5)cc4C(C)C)c3c2)c(C(C)C)c1. The van der Waals surface area contributed by atoms with E-state index in [1.54, 1.807) is 6.26 Å². The van der Waals surface area contributed by atoms with Gasteiger partial charge in [-0.05, 0) is 192 Å². The van der Waals surface area contributed by atoms with Gasteiger partial charge in [-0.2, -0.15) is 0 Å². The molecule has 13 rings (SSSR count). The summed E-state index contributed by atoms with van der Waals surface area (Å²) < 4.78 is 18.5. The lowest BCUT2D eigenvalue weighted by Crippen LogP contribution is -2.09. The molecule has 0 saturated heterocycles. The fourth-order valence-electron chi connectivity index (χ4n) is 13.2. The molecule has 3 aromatic heterocycles. The maximum atomic E-state index is 8.11. The zero-order valence-corrected chi connectivity index (χ0v) is 53.7. The summed E-state index contributed by atoms with van der Waals surface area (Å²) in [6.45, 7) is 35.4. The number of furan rings is 1. The molecule has 0 aliphatic heterocycles. The highest BCUT2D eigenvalue weighted by molar-refractivity contribution is 5.94. The minimum atomic E-state index is 0.130. The van der Waals surface area contributed by atoms with E-state index >= 15 is 0 Å². The molecule has 7 nitrogen and oxygen atoms in total. The third-order valence-electron chi connectivity index (χ3n) is 17.9. The van der Waals surface area contributed by atoms with E-state index in [2.05, 4.69) is 291 Å². The monoisotopic (exact) mass is 1180 g/mol. The molecule has 0 N–H and O–H groups in total. The summed E-state index contributed by atoms with van der Waals surface area (Å²) in [6.07, 6.45) is 1.74. The number of imidazole rings is 2. The molecular formula is C83H77N5O2. The van der Waals surface area contributed by atoms with Crippen molar-refractivity contribution in [2.45, 2.75) is 119 Å². The van der Waals surface area contributed by atoms with Crippen LogP contribution in [0.5, 0.6) is 11.5 Å². The molecule has 0 radical (unpaired) electrons. The second-order valence-electron chi connectivity index (χ2n) is 26.0. The first-order chi connectivity index (χ1) is 43.5. The van der Waals surface area contributed by atoms with Gasteiger partial charge in [-0.1, -0.05) is 210 Å². The number of ether oxygens (including phenoxy) is 1. The average Bonchev–Trinajstić information content (AvgIpc) is 1.53. The van der Waals surface area contributed by atoms with Crippen molar-refractivity contribution in [2.75, 3.05) is 0 Å². The number of nitrogens with zero attached hydrogens (tertiary/aromatic N) is 5. The topological polar surface area (TPSA) is 62.4 Å². The molecule has 0 atom stereocenters. The van der Waals surface area contributed by atoms with Crippen LogP contribution in [0.25, 0.3) is 117 Å². The average molecular weight is 1180 g/mol. The Labute approximate surface area is 530 Å². The molecule has 0 saturated carbocycles. The molecule has 446 valence electrons. The maximum Gasteiger partial charge on any atom is 0.187 e. The van der Waals surface area contributed by atoms with Crippen molar-refractivity contribution in [1.29, 1.82) is 0 Å². The first kappa shape index (κ1) is 59.0. The number of aromatic nitrogens is 4. The molecule has 0 aliphatic rings. The molecule has 0 spiro atoms. The molecule has 0 aliphatic carbocycles. The molecule has 10 aromatic carbocycles. The van der Waals surface area contributed by atoms with Crippen molar-refractivity contribution >= 4 is 38.7 Å². The zero-order valence-electron chi connectivity index (χ0n) is 53.7. The van der Waals surface area contributed by atoms with Gasteiger partial charge in [0, 0.05) is 11.1 Å². The summed E-state index contributed by atoms with van der Waals surface area (Å²) in [5.41, 5.74) is 25.9. The molecule has 90 heavy (non-hydrogen) atoms. The van der Waals surface area contributed by atoms with Crippen molar-refractivity contribution in [2.24, 2.45) is 0 Å². The fourth-order valence-corrected chi connectivity index (χ4v) is 13.2. The van der Waals surface area contributed by atoms with E-state index < -0.39 is 0 Å². The Balaban J connectivity index is 0.996. The number of para-hydroxylation sites is 2. The lowest BCUT2D eigenvalue weighted by atomic mass is 9.84. The number of benzene rings is 10. The van der Waals surface area contributed by atoms with E-state index in [1.807, 2.05) is 12.1 Å². The highest BCUT2D eigenvalue weighted by atomic mass is 16.5. The van der Waals surface area contributed by atoms with E-state index in [0.29, 0.717) is 22.8 Å². The zero-order chi connectivity index (χ0) is 62.6. The predicted molar refractivity (Wildman–Crippen MR) is 375 cm³/mol. The van der Waals surface area contributed by atoms with Gasteiger partial charge in [0.25, 0.3) is 0 Å². The highest BCUT2D eigenvalue weighted by Crippen LogP contribution is 2.47. The smallest absolute Gasteiger partial charge is 0.187 e. The second kappa shape index (κ2) is 24.2. The van der Waals surface area contributed by atoms with Crippen LogP contribution in [0.3, 0.4) is 0 Å². The van der Waals surface area contributed by atoms with E-state index in [-0.39, 0.29) is 35.5 Å². The van der Waals surface area contributed by atoms with Gasteiger partial charge in [0.05, 0.1) is 51.7 Å². The van der Waals surface area contributed by atoms with Crippen LogP contribution in [0.1, 0.15) is 152 Å². The normalized spacial score (nSPS) is 11.9. The quantitative estimate of drug-likeness (QED) is 0.0905. The summed E-state index contributed by atoms with van der Waals surface area (Å²) in [6, 6.07) is 73.9. The lowest BCUT2D eigenvalue weighted by molar-refractivity contribution is 0.488. The van der Waals surface area contributed by atoms with Crippen LogP contribution in [-0.2, 0) is 0 Å². The Morgan fingerprint density at radius 1 is 0.378 bits per heavy atom. The van der Waals surface area contributed by atoms with Crippen LogP contribution in [0.2, 0.25) is 0 Å². The summed E-state index contributed by atoms with van der Waals surface area (Å²) in [5.74, 6) is 3.99. The van der Waals surface area contributed by atoms with Gasteiger partial charge in [-0.3, -0.25) is 9.13 Å². The summed E-state index contributed by atoms with van der Waals surface area (Å²) in [4.78, 5) is 15.1. The third kappa shape index (κ3) is 10.9. The number of hydrogen-bond acceptors (Lipinski definition) is 4. The predicted octanol–water partition coefficient (Wildman–Crippen LogP) is 24.2. The van der Waals surface area contributed by atoms with Crippen molar-refractivity contribution in [3.8, 4) is 90.2 Å². The number of fused-ring (bicyclic) bond motifs is 3. The minimum absolute atomic E-state index is 0.130. The first-order valence-electron chi connectivity index (χ1n) is 32.0. The molecule has 13 aromatic rings. The minimum Gasteiger partial charge on any atom is -0.464 e. The number of hydrogen-bond donors (Lipinski definition) is 0. The van der Waals surface area contributed by atoms with Crippen LogP contribution in [-0.4, -0.2) is 19.1 Å². The molecule has 3 heterocycles. The highest BCUT2D eigenvalue weighted by Gasteiger charge is 2.28. The van der Waals surface area contributed by atoms with Gasteiger partial charge in [-0.15, -0.1) is 0 Å². The fraction of sp³-hybridized carbons (Fsp3) is 0.217. The van der Waals surface area contributed by atoms with Gasteiger partial charge in [0.1, 0.15) is 28.7 Å². The largest absolute Gasteiger partial charge is 0.464 e. The van der Waals surface area contributed by atoms with Crippen LogP contribution >= 0.6 is 0 Å². The van der Waals surface area contributed by atoms with Crippen LogP contribution in [0.15, 0.2) is 217 Å². The Morgan fingerprint density at radius 3 is 1.38 bits per heavy atom. The number of rotatable bonds is 16. The molecule has 0 amide bonds. The van der Waals surface area contributed by atoms with Crippen LogP contribution < -0.4 is 4.74 Å². The first-order valence-corrected chi connectivity index (χ1v) is 32.0. The van der Waals surface area contributed by atoms with Crippen molar-refractivity contribution in [3.05, 3.63) is 257 Å². The van der Waals surface area contributed by atoms with Crippen molar-refractivity contribution < 1.29 is 9.15 Å². The summed E-state index contributed by atoms with van der Waals surface area (Å²) >= 11 is 0. The van der Waals surface area contributed by atoms with E-state index in [1.165, 1.54) is 61.3 Å². The molecule has 0 bridgehead atoms. The molecule has 7 heteroatoms. The standard InChI is InChI=1S/C83H77N5O2/c1-49(2)67-47-64(84-13)48-68(50(3)4)79(67)59-35-36-74-76(44-59)88(81-71(53(9)10)42-62(43-72(81)54(11)12)58-33-31-57(32-34-58)55-23-16-14-17-24-55)83(86-74)63-45-77-66(37-38-89-77)78(46-63)90-65-28-22-27-60(39-65)82-85-73-29-20-21-30-75(73)87(82)80-69(51(5)6)40-61(41-70(80)52(7)8)56-25-18-15-19-26-56/h14-54H,1-12H3. The van der Waals surface area contributed by atoms with Gasteiger partial charge in [0.15, 0.2) is 5.69 Å². The third-order valence-corrected chi connectivity index (χ3v) is 17.9. The van der Waals surface area contributed by atoms with Gasteiger partial charge in [0.2, 0.25) is 0 Å². The molecule has 0 fully saturated rings. The second-order valence-corrected chi connectivity index (χ2v) is 26.0. The van der Waals surface area contributed by atoms with E-state index in [4.69, 9.17) is 25.7 Å². The van der Waals surface area contributed by atoms with Crippen LogP contribution in [0, 0.1) is 6.57 Å². The van der Waals surface area contributed by atoms with Gasteiger partial charge >= 0.3 is 0 Å². The Morgan fingerprint density at radius 2 is 0.833 bits per heavy atom. The summed E-state index contributed by atoms with van der Waals surface area (Å²) in [7, 11) is 0.